The Labute approximate surface area is 182 Å². The van der Waals surface area contributed by atoms with Crippen molar-refractivity contribution in [3.05, 3.63) is 64.2 Å². The van der Waals surface area contributed by atoms with Crippen molar-refractivity contribution in [1.29, 1.82) is 0 Å². The zero-order valence-electron chi connectivity index (χ0n) is 16.9. The lowest BCUT2D eigenvalue weighted by Gasteiger charge is -2.38. The Hall–Kier alpha value is -2.09. The number of carbonyl (C=O) groups is 1. The van der Waals surface area contributed by atoms with Crippen LogP contribution in [-0.2, 0) is 26.6 Å². The number of nitrogens with zero attached hydrogens (tertiary/aromatic N) is 1. The van der Waals surface area contributed by atoms with E-state index in [4.69, 9.17) is 16.3 Å². The Morgan fingerprint density at radius 3 is 2.67 bits per heavy atom. The lowest BCUT2D eigenvalue weighted by atomic mass is 9.74. The molecule has 2 aromatic rings. The summed E-state index contributed by atoms with van der Waals surface area (Å²) >= 11 is 6.22. The van der Waals surface area contributed by atoms with Gasteiger partial charge in [-0.25, -0.2) is 8.42 Å². The summed E-state index contributed by atoms with van der Waals surface area (Å²) in [5.41, 5.74) is 2.97. The Morgan fingerprint density at radius 1 is 1.20 bits per heavy atom. The molecular formula is C22H25ClN2O4S. The number of ether oxygens (including phenoxy) is 1. The number of anilines is 1. The number of amides is 1. The molecule has 0 unspecified atom stereocenters. The van der Waals surface area contributed by atoms with Gasteiger partial charge < -0.3 is 10.1 Å². The predicted molar refractivity (Wildman–Crippen MR) is 118 cm³/mol. The first-order valence-electron chi connectivity index (χ1n) is 10.0. The van der Waals surface area contributed by atoms with Crippen LogP contribution in [0.25, 0.3) is 0 Å². The largest absolute Gasteiger partial charge is 0.381 e. The number of rotatable bonds is 5. The molecular weight excluding hydrogens is 424 g/mol. The van der Waals surface area contributed by atoms with Gasteiger partial charge in [-0.05, 0) is 60.7 Å². The number of hydrogen-bond acceptors (Lipinski definition) is 4. The molecule has 160 valence electrons. The van der Waals surface area contributed by atoms with Gasteiger partial charge in [0.2, 0.25) is 10.0 Å². The van der Waals surface area contributed by atoms with Crippen LogP contribution in [0.15, 0.2) is 42.5 Å². The van der Waals surface area contributed by atoms with Crippen LogP contribution >= 0.6 is 11.6 Å². The summed E-state index contributed by atoms with van der Waals surface area (Å²) in [5, 5.41) is 3.77. The lowest BCUT2D eigenvalue weighted by Crippen LogP contribution is -2.44. The van der Waals surface area contributed by atoms with Crippen LogP contribution in [0.2, 0.25) is 5.02 Å². The number of nitrogens with one attached hydrogen (secondary N) is 1. The zero-order chi connectivity index (χ0) is 21.4. The Balaban J connectivity index is 1.52. The first kappa shape index (κ1) is 21.2. The minimum absolute atomic E-state index is 0.163. The van der Waals surface area contributed by atoms with Crippen LogP contribution in [0.4, 0.5) is 5.69 Å². The number of hydrogen-bond donors (Lipinski definition) is 1. The van der Waals surface area contributed by atoms with Crippen molar-refractivity contribution in [2.24, 2.45) is 0 Å². The van der Waals surface area contributed by atoms with Gasteiger partial charge in [0.05, 0.1) is 11.9 Å². The van der Waals surface area contributed by atoms with Crippen LogP contribution in [0, 0.1) is 0 Å². The monoisotopic (exact) mass is 448 g/mol. The van der Waals surface area contributed by atoms with Crippen LogP contribution in [-0.4, -0.2) is 46.9 Å². The topological polar surface area (TPSA) is 75.7 Å². The molecule has 2 aliphatic heterocycles. The predicted octanol–water partition coefficient (Wildman–Crippen LogP) is 3.14. The number of sulfonamides is 1. The highest BCUT2D eigenvalue weighted by Crippen LogP contribution is 2.36. The van der Waals surface area contributed by atoms with Gasteiger partial charge >= 0.3 is 0 Å². The quantitative estimate of drug-likeness (QED) is 0.762. The van der Waals surface area contributed by atoms with Crippen molar-refractivity contribution in [3.8, 4) is 0 Å². The third-order valence-electron chi connectivity index (χ3n) is 6.07. The molecule has 2 aromatic carbocycles. The van der Waals surface area contributed by atoms with E-state index in [1.165, 1.54) is 10.6 Å². The smallest absolute Gasteiger partial charge is 0.251 e. The number of carbonyl (C=O) groups excluding carboxylic acids is 1. The van der Waals surface area contributed by atoms with Crippen molar-refractivity contribution in [2.45, 2.75) is 24.7 Å². The van der Waals surface area contributed by atoms with Gasteiger partial charge in [0.1, 0.15) is 0 Å². The van der Waals surface area contributed by atoms with Gasteiger partial charge in [0, 0.05) is 42.3 Å². The van der Waals surface area contributed by atoms with E-state index < -0.39 is 10.0 Å². The Bertz CT molecular complexity index is 1060. The Kier molecular flexibility index (Phi) is 5.79. The normalized spacial score (nSPS) is 18.1. The second kappa shape index (κ2) is 8.21. The van der Waals surface area contributed by atoms with Gasteiger partial charge in [0.25, 0.3) is 5.91 Å². The minimum Gasteiger partial charge on any atom is -0.381 e. The summed E-state index contributed by atoms with van der Waals surface area (Å²) in [5.74, 6) is -0.163. The molecule has 2 aliphatic rings. The van der Waals surface area contributed by atoms with E-state index in [9.17, 15) is 13.2 Å². The van der Waals surface area contributed by atoms with Crippen LogP contribution in [0.5, 0.6) is 0 Å². The summed E-state index contributed by atoms with van der Waals surface area (Å²) in [6.45, 7) is 2.18. The van der Waals surface area contributed by atoms with Crippen molar-refractivity contribution >= 4 is 33.2 Å². The van der Waals surface area contributed by atoms with Gasteiger partial charge in [-0.2, -0.15) is 0 Å². The van der Waals surface area contributed by atoms with Crippen LogP contribution in [0.3, 0.4) is 0 Å². The molecule has 0 saturated carbocycles. The van der Waals surface area contributed by atoms with Crippen molar-refractivity contribution in [2.75, 3.05) is 36.9 Å². The summed E-state index contributed by atoms with van der Waals surface area (Å²) in [6.07, 6.45) is 3.42. The fraction of sp³-hybridized carbons (Fsp3) is 0.409. The molecule has 0 spiro atoms. The average molecular weight is 449 g/mol. The molecule has 6 nitrogen and oxygen atoms in total. The minimum atomic E-state index is -3.31. The zero-order valence-corrected chi connectivity index (χ0v) is 18.4. The third kappa shape index (κ3) is 4.19. The van der Waals surface area contributed by atoms with Gasteiger partial charge in [-0.3, -0.25) is 9.10 Å². The maximum atomic E-state index is 12.9. The van der Waals surface area contributed by atoms with E-state index in [2.05, 4.69) is 11.4 Å². The van der Waals surface area contributed by atoms with Crippen molar-refractivity contribution < 1.29 is 17.9 Å². The molecule has 30 heavy (non-hydrogen) atoms. The van der Waals surface area contributed by atoms with E-state index >= 15 is 0 Å². The van der Waals surface area contributed by atoms with Crippen molar-refractivity contribution in [1.82, 2.24) is 5.32 Å². The van der Waals surface area contributed by atoms with Crippen molar-refractivity contribution in [3.63, 3.8) is 0 Å². The molecule has 0 aliphatic carbocycles. The van der Waals surface area contributed by atoms with Crippen LogP contribution < -0.4 is 9.62 Å². The molecule has 0 aromatic heterocycles. The first-order valence-corrected chi connectivity index (χ1v) is 12.2. The molecule has 2 heterocycles. The standard InChI is InChI=1S/C22H25ClN2O4S/c1-30(27,28)25-10-7-16-13-17(5-6-20(16)25)21(26)24-15-22(8-11-29-12-9-22)18-3-2-4-19(23)14-18/h2-6,13-14H,7-12,15H2,1H3,(H,24,26). The highest BCUT2D eigenvalue weighted by Gasteiger charge is 2.35. The molecule has 0 bridgehead atoms. The van der Waals surface area contributed by atoms with E-state index in [-0.39, 0.29) is 11.3 Å². The molecule has 1 N–H and O–H groups in total. The third-order valence-corrected chi connectivity index (χ3v) is 7.48. The lowest BCUT2D eigenvalue weighted by molar-refractivity contribution is 0.0487. The maximum absolute atomic E-state index is 12.9. The molecule has 1 saturated heterocycles. The SMILES string of the molecule is CS(=O)(=O)N1CCc2cc(C(=O)NCC3(c4cccc(Cl)c4)CCOCC3)ccc21. The summed E-state index contributed by atoms with van der Waals surface area (Å²) in [4.78, 5) is 12.9. The summed E-state index contributed by atoms with van der Waals surface area (Å²) < 4.78 is 30.8. The highest BCUT2D eigenvalue weighted by atomic mass is 35.5. The second-order valence-electron chi connectivity index (χ2n) is 8.01. The highest BCUT2D eigenvalue weighted by molar-refractivity contribution is 7.92. The molecule has 0 atom stereocenters. The van der Waals surface area contributed by atoms with E-state index in [1.54, 1.807) is 18.2 Å². The molecule has 8 heteroatoms. The van der Waals surface area contributed by atoms with E-state index in [0.717, 1.165) is 24.0 Å². The van der Waals surface area contributed by atoms with Gasteiger partial charge in [0.15, 0.2) is 0 Å². The van der Waals surface area contributed by atoms with Gasteiger partial charge in [-0.15, -0.1) is 0 Å². The number of fused-ring (bicyclic) bond motifs is 1. The summed E-state index contributed by atoms with van der Waals surface area (Å²) in [7, 11) is -3.31. The molecule has 1 amide bonds. The van der Waals surface area contributed by atoms with Crippen LogP contribution in [0.1, 0.15) is 34.3 Å². The van der Waals surface area contributed by atoms with E-state index in [1.807, 2.05) is 18.2 Å². The van der Waals surface area contributed by atoms with Gasteiger partial charge in [-0.1, -0.05) is 23.7 Å². The summed E-state index contributed by atoms with van der Waals surface area (Å²) in [6, 6.07) is 13.0. The number of halogens is 1. The number of benzene rings is 2. The second-order valence-corrected chi connectivity index (χ2v) is 10.4. The molecule has 1 fully saturated rings. The molecule has 0 radical (unpaired) electrons. The first-order chi connectivity index (χ1) is 14.3. The Morgan fingerprint density at radius 2 is 1.97 bits per heavy atom. The molecule has 4 rings (SSSR count). The fourth-order valence-electron chi connectivity index (χ4n) is 4.36. The average Bonchev–Trinajstić information content (AvgIpc) is 3.16. The van der Waals surface area contributed by atoms with E-state index in [0.29, 0.717) is 49.0 Å². The fourth-order valence-corrected chi connectivity index (χ4v) is 5.51. The maximum Gasteiger partial charge on any atom is 0.251 e.